The average Bonchev–Trinajstić information content (AvgIpc) is 3.15. The number of hydrogen-bond donors (Lipinski definition) is 1. The highest BCUT2D eigenvalue weighted by atomic mass is 35.5. The number of benzene rings is 2. The number of rotatable bonds is 6. The Bertz CT molecular complexity index is 972. The molecular weight excluding hydrogens is 372 g/mol. The predicted molar refractivity (Wildman–Crippen MR) is 98.5 cm³/mol. The molecule has 27 heavy (non-hydrogen) atoms. The lowest BCUT2D eigenvalue weighted by Crippen LogP contribution is -2.30. The third-order valence-electron chi connectivity index (χ3n) is 3.96. The number of nitro benzene ring substituents is 1. The lowest BCUT2D eigenvalue weighted by Gasteiger charge is -2.23. The molecule has 0 atom stereocenters. The van der Waals surface area contributed by atoms with Crippen LogP contribution in [0.2, 0.25) is 5.02 Å². The highest BCUT2D eigenvalue weighted by molar-refractivity contribution is 6.34. The Hall–Kier alpha value is -3.32. The van der Waals surface area contributed by atoms with Crippen molar-refractivity contribution in [3.05, 3.63) is 92.9 Å². The normalized spacial score (nSPS) is 10.6. The fraction of sp³-hybridized carbons (Fsp3) is 0.105. The van der Waals surface area contributed by atoms with Crippen LogP contribution in [0.1, 0.15) is 21.7 Å². The van der Waals surface area contributed by atoms with Gasteiger partial charge in [-0.25, -0.2) is 0 Å². The van der Waals surface area contributed by atoms with E-state index in [1.54, 1.807) is 30.3 Å². The molecule has 8 heteroatoms. The molecule has 0 radical (unpaired) electrons. The molecule has 0 saturated carbocycles. The number of furan rings is 1. The zero-order valence-electron chi connectivity index (χ0n) is 14.0. The molecule has 0 fully saturated rings. The summed E-state index contributed by atoms with van der Waals surface area (Å²) in [6, 6.07) is 13.8. The first-order valence-electron chi connectivity index (χ1n) is 7.98. The molecule has 1 amide bonds. The Labute approximate surface area is 159 Å². The first-order chi connectivity index (χ1) is 13.0. The average molecular weight is 387 g/mol. The second kappa shape index (κ2) is 7.92. The summed E-state index contributed by atoms with van der Waals surface area (Å²) in [6.07, 6.45) is 1.50. The van der Waals surface area contributed by atoms with Gasteiger partial charge in [0.25, 0.3) is 11.6 Å². The van der Waals surface area contributed by atoms with E-state index in [9.17, 15) is 20.0 Å². The van der Waals surface area contributed by atoms with Crippen LogP contribution in [0.5, 0.6) is 5.75 Å². The van der Waals surface area contributed by atoms with Crippen molar-refractivity contribution in [1.29, 1.82) is 0 Å². The quantitative estimate of drug-likeness (QED) is 0.500. The van der Waals surface area contributed by atoms with Gasteiger partial charge in [-0.2, -0.15) is 0 Å². The van der Waals surface area contributed by atoms with Gasteiger partial charge in [0, 0.05) is 17.7 Å². The van der Waals surface area contributed by atoms with E-state index in [-0.39, 0.29) is 35.1 Å². The van der Waals surface area contributed by atoms with Crippen molar-refractivity contribution < 1.29 is 19.2 Å². The van der Waals surface area contributed by atoms with E-state index in [0.29, 0.717) is 11.3 Å². The van der Waals surface area contributed by atoms with Gasteiger partial charge >= 0.3 is 0 Å². The lowest BCUT2D eigenvalue weighted by atomic mass is 10.1. The summed E-state index contributed by atoms with van der Waals surface area (Å²) >= 11 is 6.10. The number of amides is 1. The van der Waals surface area contributed by atoms with Crippen molar-refractivity contribution in [3.63, 3.8) is 0 Å². The third kappa shape index (κ3) is 4.27. The Balaban J connectivity index is 1.93. The lowest BCUT2D eigenvalue weighted by molar-refractivity contribution is -0.384. The van der Waals surface area contributed by atoms with Gasteiger partial charge in [0.05, 0.1) is 34.9 Å². The predicted octanol–water partition coefficient (Wildman–Crippen LogP) is 4.39. The molecule has 3 aromatic rings. The van der Waals surface area contributed by atoms with Gasteiger partial charge in [0.1, 0.15) is 11.5 Å². The SMILES string of the molecule is O=C(c1ccc([N+](=O)[O-])cc1Cl)N(Cc1ccco1)Cc1ccccc1O. The Morgan fingerprint density at radius 3 is 2.56 bits per heavy atom. The Morgan fingerprint density at radius 1 is 1.15 bits per heavy atom. The summed E-state index contributed by atoms with van der Waals surface area (Å²) < 4.78 is 5.32. The molecule has 0 spiro atoms. The molecule has 0 aliphatic carbocycles. The van der Waals surface area contributed by atoms with Crippen LogP contribution in [0.25, 0.3) is 0 Å². The highest BCUT2D eigenvalue weighted by Crippen LogP contribution is 2.26. The maximum Gasteiger partial charge on any atom is 0.270 e. The number of hydrogen-bond acceptors (Lipinski definition) is 5. The molecule has 138 valence electrons. The molecule has 0 unspecified atom stereocenters. The second-order valence-corrected chi connectivity index (χ2v) is 6.20. The summed E-state index contributed by atoms with van der Waals surface area (Å²) in [5.74, 6) is 0.177. The van der Waals surface area contributed by atoms with Gasteiger partial charge in [0.2, 0.25) is 0 Å². The van der Waals surface area contributed by atoms with Gasteiger partial charge in [-0.1, -0.05) is 29.8 Å². The molecule has 0 aliphatic heterocycles. The number of nitrogens with zero attached hydrogens (tertiary/aromatic N) is 2. The van der Waals surface area contributed by atoms with Crippen molar-refractivity contribution in [2.45, 2.75) is 13.1 Å². The van der Waals surface area contributed by atoms with Crippen molar-refractivity contribution in [1.82, 2.24) is 4.90 Å². The molecule has 0 saturated heterocycles. The van der Waals surface area contributed by atoms with Crippen LogP contribution in [0.15, 0.2) is 65.3 Å². The number of phenolic OH excluding ortho intramolecular Hbond substituents is 1. The summed E-state index contributed by atoms with van der Waals surface area (Å²) in [4.78, 5) is 24.8. The van der Waals surface area contributed by atoms with E-state index < -0.39 is 10.8 Å². The molecule has 7 nitrogen and oxygen atoms in total. The van der Waals surface area contributed by atoms with E-state index in [1.165, 1.54) is 29.4 Å². The summed E-state index contributed by atoms with van der Waals surface area (Å²) in [7, 11) is 0. The molecule has 0 aliphatic rings. The zero-order chi connectivity index (χ0) is 19.4. The highest BCUT2D eigenvalue weighted by Gasteiger charge is 2.22. The largest absolute Gasteiger partial charge is 0.508 e. The number of halogens is 1. The summed E-state index contributed by atoms with van der Waals surface area (Å²) in [5.41, 5.74) is 0.481. The second-order valence-electron chi connectivity index (χ2n) is 5.79. The van der Waals surface area contributed by atoms with Crippen molar-refractivity contribution >= 4 is 23.2 Å². The Kier molecular flexibility index (Phi) is 5.42. The topological polar surface area (TPSA) is 96.8 Å². The fourth-order valence-electron chi connectivity index (χ4n) is 2.60. The molecule has 1 N–H and O–H groups in total. The van der Waals surface area contributed by atoms with Crippen LogP contribution in [-0.2, 0) is 13.1 Å². The van der Waals surface area contributed by atoms with Gasteiger partial charge < -0.3 is 14.4 Å². The number of carbonyl (C=O) groups excluding carboxylic acids is 1. The van der Waals surface area contributed by atoms with E-state index in [4.69, 9.17) is 16.0 Å². The van der Waals surface area contributed by atoms with Crippen LogP contribution in [0, 0.1) is 10.1 Å². The number of para-hydroxylation sites is 1. The summed E-state index contributed by atoms with van der Waals surface area (Å²) in [6.45, 7) is 0.257. The van der Waals surface area contributed by atoms with Crippen LogP contribution in [0.4, 0.5) is 5.69 Å². The molecular formula is C19H15ClN2O5. The number of phenols is 1. The first kappa shape index (κ1) is 18.5. The monoisotopic (exact) mass is 386 g/mol. The number of non-ortho nitro benzene ring substituents is 1. The van der Waals surface area contributed by atoms with E-state index >= 15 is 0 Å². The number of carbonyl (C=O) groups is 1. The van der Waals surface area contributed by atoms with E-state index in [2.05, 4.69) is 0 Å². The smallest absolute Gasteiger partial charge is 0.270 e. The van der Waals surface area contributed by atoms with Crippen LogP contribution < -0.4 is 0 Å². The van der Waals surface area contributed by atoms with Crippen LogP contribution in [-0.4, -0.2) is 20.8 Å². The summed E-state index contributed by atoms with van der Waals surface area (Å²) in [5, 5.41) is 20.9. The maximum atomic E-state index is 13.0. The standard InChI is InChI=1S/C19H15ClN2O5/c20-17-10-14(22(25)26)7-8-16(17)19(24)21(12-15-5-3-9-27-15)11-13-4-1-2-6-18(13)23/h1-10,23H,11-12H2. The molecule has 1 aromatic heterocycles. The van der Waals surface area contributed by atoms with Crippen molar-refractivity contribution in [3.8, 4) is 5.75 Å². The van der Waals surface area contributed by atoms with Crippen molar-refractivity contribution in [2.75, 3.05) is 0 Å². The zero-order valence-corrected chi connectivity index (χ0v) is 14.8. The van der Waals surface area contributed by atoms with Crippen LogP contribution in [0.3, 0.4) is 0 Å². The van der Waals surface area contributed by atoms with Gasteiger partial charge in [-0.15, -0.1) is 0 Å². The van der Waals surface area contributed by atoms with Crippen LogP contribution >= 0.6 is 11.6 Å². The van der Waals surface area contributed by atoms with E-state index in [0.717, 1.165) is 6.07 Å². The molecule has 3 rings (SSSR count). The first-order valence-corrected chi connectivity index (χ1v) is 8.36. The fourth-order valence-corrected chi connectivity index (χ4v) is 2.86. The minimum Gasteiger partial charge on any atom is -0.508 e. The molecule has 2 aromatic carbocycles. The van der Waals surface area contributed by atoms with Gasteiger partial charge in [-0.3, -0.25) is 14.9 Å². The maximum absolute atomic E-state index is 13.0. The number of aromatic hydroxyl groups is 1. The van der Waals surface area contributed by atoms with E-state index in [1.807, 2.05) is 0 Å². The molecule has 0 bridgehead atoms. The Morgan fingerprint density at radius 2 is 1.93 bits per heavy atom. The third-order valence-corrected chi connectivity index (χ3v) is 4.27. The molecule has 1 heterocycles. The number of nitro groups is 1. The minimum absolute atomic E-state index is 0.0177. The van der Waals surface area contributed by atoms with Gasteiger partial charge in [0.15, 0.2) is 0 Å². The van der Waals surface area contributed by atoms with Gasteiger partial charge in [-0.05, 0) is 24.3 Å². The minimum atomic E-state index is -0.581. The van der Waals surface area contributed by atoms with Crippen molar-refractivity contribution in [2.24, 2.45) is 0 Å².